The molecule has 0 N–H and O–H groups in total. The van der Waals surface area contributed by atoms with Crippen LogP contribution in [0.2, 0.25) is 0 Å². The lowest BCUT2D eigenvalue weighted by molar-refractivity contribution is 0.414. The van der Waals surface area contributed by atoms with Gasteiger partial charge in [-0.1, -0.05) is 22.7 Å². The van der Waals surface area contributed by atoms with Crippen molar-refractivity contribution in [2.24, 2.45) is 0 Å². The second-order valence-corrected chi connectivity index (χ2v) is 19.6. The molecule has 394 valence electrons. The average Bonchev–Trinajstić information content (AvgIpc) is 4.33. The van der Waals surface area contributed by atoms with Crippen molar-refractivity contribution in [2.75, 3.05) is 76.5 Å². The first-order valence-electron chi connectivity index (χ1n) is 24.9. The molecule has 2 aromatic heterocycles. The SMILES string of the molecule is COc1ccc(N(c2ccc(OC)cc2)c2cc(-c3cc(N(c4ccc(OC)cc4)c4ccc(OC)cc4)sc3N(c3ccc(OC)cc3)c3ccc(OC)cc3)c(N(c3ccc(OC)cc3)c3ccc(OC)cc3)s2)cc1. The summed E-state index contributed by atoms with van der Waals surface area (Å²) in [6, 6.07) is 69.8. The quantitative estimate of drug-likeness (QED) is 0.0687. The van der Waals surface area contributed by atoms with Crippen LogP contribution in [-0.2, 0) is 0 Å². The van der Waals surface area contributed by atoms with E-state index in [-0.39, 0.29) is 0 Å². The van der Waals surface area contributed by atoms with Crippen molar-refractivity contribution in [3.63, 3.8) is 0 Å². The Morgan fingerprint density at radius 1 is 0.218 bits per heavy atom. The number of thiophene rings is 2. The van der Waals surface area contributed by atoms with E-state index in [2.05, 4.69) is 129 Å². The monoisotopic (exact) mass is 1070 g/mol. The fraction of sp³-hybridized carbons (Fsp3) is 0.125. The third-order valence-electron chi connectivity index (χ3n) is 13.2. The molecular formula is C64H58N4O8S2. The number of nitrogens with zero attached hydrogens (tertiary/aromatic N) is 4. The maximum atomic E-state index is 5.73. The van der Waals surface area contributed by atoms with Gasteiger partial charge in [-0.05, 0) is 206 Å². The Kier molecular flexibility index (Phi) is 15.9. The summed E-state index contributed by atoms with van der Waals surface area (Å²) in [5, 5.41) is 3.73. The second kappa shape index (κ2) is 23.8. The molecule has 0 amide bonds. The Labute approximate surface area is 463 Å². The predicted molar refractivity (Wildman–Crippen MR) is 319 cm³/mol. The first kappa shape index (κ1) is 52.2. The third-order valence-corrected chi connectivity index (χ3v) is 15.4. The molecule has 0 fully saturated rings. The van der Waals surface area contributed by atoms with Gasteiger partial charge in [0.2, 0.25) is 0 Å². The summed E-state index contributed by atoms with van der Waals surface area (Å²) >= 11 is 3.34. The van der Waals surface area contributed by atoms with Gasteiger partial charge in [0, 0.05) is 56.6 Å². The highest BCUT2D eigenvalue weighted by atomic mass is 32.1. The van der Waals surface area contributed by atoms with E-state index in [9.17, 15) is 0 Å². The Balaban J connectivity index is 1.33. The van der Waals surface area contributed by atoms with Crippen LogP contribution in [0.1, 0.15) is 0 Å². The van der Waals surface area contributed by atoms with Crippen molar-refractivity contribution in [3.05, 3.63) is 206 Å². The van der Waals surface area contributed by atoms with E-state index in [1.807, 2.05) is 97.1 Å². The van der Waals surface area contributed by atoms with E-state index in [0.29, 0.717) is 0 Å². The first-order chi connectivity index (χ1) is 38.3. The molecule has 0 bridgehead atoms. The Morgan fingerprint density at radius 2 is 0.372 bits per heavy atom. The predicted octanol–water partition coefficient (Wildman–Crippen LogP) is 17.4. The highest BCUT2D eigenvalue weighted by molar-refractivity contribution is 7.22. The van der Waals surface area contributed by atoms with Crippen LogP contribution in [0.25, 0.3) is 11.1 Å². The van der Waals surface area contributed by atoms with Gasteiger partial charge in [-0.3, -0.25) is 0 Å². The van der Waals surface area contributed by atoms with E-state index in [1.165, 1.54) is 0 Å². The van der Waals surface area contributed by atoms with E-state index in [1.54, 1.807) is 79.6 Å². The summed E-state index contributed by atoms with van der Waals surface area (Å²) in [6.07, 6.45) is 0. The molecule has 0 atom stereocenters. The number of hydrogen-bond donors (Lipinski definition) is 0. The van der Waals surface area contributed by atoms with Crippen molar-refractivity contribution in [1.29, 1.82) is 0 Å². The van der Waals surface area contributed by atoms with Gasteiger partial charge in [-0.25, -0.2) is 0 Å². The Morgan fingerprint density at radius 3 is 0.526 bits per heavy atom. The van der Waals surface area contributed by atoms with Crippen LogP contribution in [0.3, 0.4) is 0 Å². The van der Waals surface area contributed by atoms with Crippen molar-refractivity contribution < 1.29 is 37.9 Å². The fourth-order valence-corrected chi connectivity index (χ4v) is 11.6. The Hall–Kier alpha value is -9.24. The summed E-state index contributed by atoms with van der Waals surface area (Å²) in [6.45, 7) is 0. The lowest BCUT2D eigenvalue weighted by Crippen LogP contribution is -2.11. The first-order valence-corrected chi connectivity index (χ1v) is 26.5. The van der Waals surface area contributed by atoms with Crippen LogP contribution in [0.4, 0.5) is 65.5 Å². The molecule has 0 spiro atoms. The van der Waals surface area contributed by atoms with Crippen molar-refractivity contribution >= 4 is 88.2 Å². The summed E-state index contributed by atoms with van der Waals surface area (Å²) < 4.78 is 45.7. The van der Waals surface area contributed by atoms with Gasteiger partial charge in [0.15, 0.2) is 0 Å². The number of ether oxygens (including phenoxy) is 8. The molecule has 14 heteroatoms. The largest absolute Gasteiger partial charge is 0.497 e. The summed E-state index contributed by atoms with van der Waals surface area (Å²) in [4.78, 5) is 9.16. The zero-order chi connectivity index (χ0) is 54.1. The van der Waals surface area contributed by atoms with Crippen LogP contribution >= 0.6 is 22.7 Å². The number of hydrogen-bond acceptors (Lipinski definition) is 14. The van der Waals surface area contributed by atoms with Gasteiger partial charge in [0.25, 0.3) is 0 Å². The number of anilines is 12. The molecule has 0 aliphatic rings. The van der Waals surface area contributed by atoms with Crippen LogP contribution in [-0.4, -0.2) is 56.9 Å². The topological polar surface area (TPSA) is 86.8 Å². The van der Waals surface area contributed by atoms with Crippen molar-refractivity contribution in [1.82, 2.24) is 0 Å². The maximum absolute atomic E-state index is 5.73. The molecule has 12 nitrogen and oxygen atoms in total. The van der Waals surface area contributed by atoms with Crippen molar-refractivity contribution in [3.8, 4) is 57.1 Å². The van der Waals surface area contributed by atoms with Gasteiger partial charge in [-0.15, -0.1) is 0 Å². The zero-order valence-corrected chi connectivity index (χ0v) is 46.1. The lowest BCUT2D eigenvalue weighted by Gasteiger charge is -2.28. The molecule has 0 aliphatic heterocycles. The van der Waals surface area contributed by atoms with Gasteiger partial charge < -0.3 is 57.5 Å². The van der Waals surface area contributed by atoms with E-state index >= 15 is 0 Å². The summed E-state index contributed by atoms with van der Waals surface area (Å²) in [5.74, 6) is 5.94. The molecule has 78 heavy (non-hydrogen) atoms. The van der Waals surface area contributed by atoms with Crippen LogP contribution < -0.4 is 57.5 Å². The van der Waals surface area contributed by atoms with Crippen LogP contribution in [0.5, 0.6) is 46.0 Å². The lowest BCUT2D eigenvalue weighted by atomic mass is 10.1. The highest BCUT2D eigenvalue weighted by Gasteiger charge is 2.31. The summed E-state index contributed by atoms with van der Waals surface area (Å²) in [5.41, 5.74) is 9.24. The number of benzene rings is 8. The van der Waals surface area contributed by atoms with E-state index in [4.69, 9.17) is 37.9 Å². The normalized spacial score (nSPS) is 10.8. The van der Waals surface area contributed by atoms with Crippen LogP contribution in [0, 0.1) is 0 Å². The van der Waals surface area contributed by atoms with Gasteiger partial charge >= 0.3 is 0 Å². The molecule has 0 saturated heterocycles. The standard InChI is InChI=1S/C64H58N4O8S2/c1-69-51-25-9-43(10-26-51)65(44-11-27-52(70-2)28-12-44)61-41-59(63(77-61)67(47-17-33-55(73-5)34-18-47)48-19-35-56(74-6)36-20-48)60-42-62(66(45-13-29-53(71-3)30-14-45)46-15-31-54(72-4)32-16-46)78-64(60)68(49-21-37-57(75-7)38-22-49)50-23-39-58(76-8)40-24-50/h9-42H,1-8H3. The van der Waals surface area contributed by atoms with Gasteiger partial charge in [0.1, 0.15) is 66.0 Å². The molecule has 0 saturated carbocycles. The molecule has 10 aromatic rings. The number of methoxy groups -OCH3 is 8. The molecule has 0 aliphatic carbocycles. The molecule has 10 rings (SSSR count). The molecule has 0 unspecified atom stereocenters. The van der Waals surface area contributed by atoms with E-state index in [0.717, 1.165) is 123 Å². The second-order valence-electron chi connectivity index (χ2n) is 17.5. The maximum Gasteiger partial charge on any atom is 0.119 e. The zero-order valence-electron chi connectivity index (χ0n) is 44.5. The van der Waals surface area contributed by atoms with Crippen LogP contribution in [0.15, 0.2) is 206 Å². The average molecular weight is 1080 g/mol. The van der Waals surface area contributed by atoms with E-state index < -0.39 is 0 Å². The van der Waals surface area contributed by atoms with Crippen molar-refractivity contribution in [2.45, 2.75) is 0 Å². The number of rotatable bonds is 21. The minimum absolute atomic E-state index is 0.738. The Bertz CT molecular complexity index is 3110. The van der Waals surface area contributed by atoms with Gasteiger partial charge in [-0.2, -0.15) is 0 Å². The summed E-state index contributed by atoms with van der Waals surface area (Å²) in [7, 11) is 13.4. The molecule has 8 aromatic carbocycles. The minimum atomic E-state index is 0.738. The molecular weight excluding hydrogens is 1020 g/mol. The molecule has 2 heterocycles. The smallest absolute Gasteiger partial charge is 0.119 e. The highest BCUT2D eigenvalue weighted by Crippen LogP contribution is 2.58. The fourth-order valence-electron chi connectivity index (χ4n) is 9.10. The third kappa shape index (κ3) is 10.9. The van der Waals surface area contributed by atoms with Gasteiger partial charge in [0.05, 0.1) is 56.9 Å². The molecule has 0 radical (unpaired) electrons. The minimum Gasteiger partial charge on any atom is -0.497 e.